The van der Waals surface area contributed by atoms with Crippen LogP contribution in [0.25, 0.3) is 6.08 Å². The Morgan fingerprint density at radius 3 is 2.44 bits per heavy atom. The Kier molecular flexibility index (Phi) is 7.42. The number of benzene rings is 2. The Morgan fingerprint density at radius 2 is 1.81 bits per heavy atom. The van der Waals surface area contributed by atoms with E-state index in [1.165, 1.54) is 39.5 Å². The summed E-state index contributed by atoms with van der Waals surface area (Å²) in [5.74, 6) is -0.399. The fraction of sp³-hybridized carbons (Fsp3) is 0.217. The number of carbonyl (C=O) groups is 1. The second-order valence-corrected chi connectivity index (χ2v) is 7.38. The molecule has 0 aromatic heterocycles. The molecule has 0 unspecified atom stereocenters. The quantitative estimate of drug-likeness (QED) is 0.580. The molecule has 0 amide bonds. The first-order valence-corrected chi connectivity index (χ1v) is 10.4. The number of halogens is 1. The number of aliphatic hydroxyl groups excluding tert-OH is 1. The summed E-state index contributed by atoms with van der Waals surface area (Å²) in [6, 6.07) is 9.31. The Labute approximate surface area is 189 Å². The highest BCUT2D eigenvalue weighted by atomic mass is 32.2. The Bertz CT molecular complexity index is 1130. The van der Waals surface area contributed by atoms with Crippen molar-refractivity contribution in [3.05, 3.63) is 64.0 Å². The van der Waals surface area contributed by atoms with Crippen molar-refractivity contribution in [2.75, 3.05) is 27.9 Å². The van der Waals surface area contributed by atoms with E-state index in [1.54, 1.807) is 31.2 Å². The number of esters is 1. The van der Waals surface area contributed by atoms with Gasteiger partial charge in [-0.1, -0.05) is 23.9 Å². The number of carbonyl (C=O) groups excluding carboxylic acids is 1. The van der Waals surface area contributed by atoms with Crippen LogP contribution in [0.3, 0.4) is 0 Å². The summed E-state index contributed by atoms with van der Waals surface area (Å²) in [6.45, 7) is 1.76. The Morgan fingerprint density at radius 1 is 1.09 bits per heavy atom. The molecule has 32 heavy (non-hydrogen) atoms. The fourth-order valence-corrected chi connectivity index (χ4v) is 4.04. The van der Waals surface area contributed by atoms with Crippen molar-refractivity contribution >= 4 is 34.5 Å². The monoisotopic (exact) mass is 459 g/mol. The van der Waals surface area contributed by atoms with Crippen LogP contribution in [-0.4, -0.2) is 44.1 Å². The lowest BCUT2D eigenvalue weighted by Gasteiger charge is -2.14. The average molecular weight is 459 g/mol. The summed E-state index contributed by atoms with van der Waals surface area (Å²) in [7, 11) is 4.47. The molecule has 0 saturated heterocycles. The minimum atomic E-state index is -0.754. The molecular weight excluding hydrogens is 437 g/mol. The number of methoxy groups -OCH3 is 3. The van der Waals surface area contributed by atoms with Crippen molar-refractivity contribution in [2.24, 2.45) is 4.99 Å². The molecule has 0 aliphatic carbocycles. The minimum absolute atomic E-state index is 0.0366. The predicted octanol–water partition coefficient (Wildman–Crippen LogP) is 5.04. The number of ether oxygens (including phenoxy) is 4. The number of rotatable bonds is 7. The van der Waals surface area contributed by atoms with Gasteiger partial charge >= 0.3 is 5.97 Å². The van der Waals surface area contributed by atoms with Crippen LogP contribution in [0.2, 0.25) is 0 Å². The first-order valence-electron chi connectivity index (χ1n) is 9.57. The minimum Gasteiger partial charge on any atom is -0.506 e. The number of para-hydroxylation sites is 1. The van der Waals surface area contributed by atoms with E-state index in [0.29, 0.717) is 27.7 Å². The van der Waals surface area contributed by atoms with E-state index in [4.69, 9.17) is 18.9 Å². The maximum Gasteiger partial charge on any atom is 0.344 e. The van der Waals surface area contributed by atoms with Gasteiger partial charge in [-0.2, -0.15) is 0 Å². The van der Waals surface area contributed by atoms with Gasteiger partial charge in [0, 0.05) is 5.56 Å². The molecule has 1 N–H and O–H groups in total. The molecule has 1 aliphatic heterocycles. The van der Waals surface area contributed by atoms with Crippen LogP contribution in [0.5, 0.6) is 17.2 Å². The molecular formula is C23H22FNO6S. The number of thioether (sulfide) groups is 1. The van der Waals surface area contributed by atoms with Crippen LogP contribution in [-0.2, 0) is 9.53 Å². The molecule has 0 radical (unpaired) electrons. The number of aliphatic hydroxyl groups is 1. The summed E-state index contributed by atoms with van der Waals surface area (Å²) < 4.78 is 35.4. The Balaban J connectivity index is 2.13. The average Bonchev–Trinajstić information content (AvgIpc) is 3.09. The van der Waals surface area contributed by atoms with Crippen LogP contribution in [0, 0.1) is 5.82 Å². The van der Waals surface area contributed by atoms with Gasteiger partial charge in [0.2, 0.25) is 5.75 Å². The predicted molar refractivity (Wildman–Crippen MR) is 121 cm³/mol. The SMILES string of the molecule is CCOC(=O)C1=C(O)/C(=C\c2ccc(OC)c(OC)c2OC)SC1=Nc1ccccc1F. The molecule has 2 aromatic carbocycles. The van der Waals surface area contributed by atoms with Gasteiger partial charge in [-0.3, -0.25) is 0 Å². The van der Waals surface area contributed by atoms with Gasteiger partial charge in [-0.25, -0.2) is 14.2 Å². The van der Waals surface area contributed by atoms with Crippen LogP contribution in [0.4, 0.5) is 10.1 Å². The van der Waals surface area contributed by atoms with Crippen LogP contribution in [0.15, 0.2) is 57.6 Å². The molecule has 0 bridgehead atoms. The molecule has 0 saturated carbocycles. The van der Waals surface area contributed by atoms with E-state index in [0.717, 1.165) is 11.8 Å². The van der Waals surface area contributed by atoms with Crippen molar-refractivity contribution in [1.82, 2.24) is 0 Å². The van der Waals surface area contributed by atoms with Crippen molar-refractivity contribution in [2.45, 2.75) is 6.92 Å². The Hall–Kier alpha value is -3.46. The van der Waals surface area contributed by atoms with Gasteiger partial charge in [-0.15, -0.1) is 0 Å². The zero-order valence-electron chi connectivity index (χ0n) is 18.0. The molecule has 0 fully saturated rings. The first kappa shape index (κ1) is 23.2. The van der Waals surface area contributed by atoms with E-state index in [9.17, 15) is 14.3 Å². The van der Waals surface area contributed by atoms with Gasteiger partial charge in [0.05, 0.1) is 32.8 Å². The second kappa shape index (κ2) is 10.2. The summed E-state index contributed by atoms with van der Waals surface area (Å²) in [5, 5.41) is 11.0. The maximum atomic E-state index is 14.1. The van der Waals surface area contributed by atoms with E-state index in [2.05, 4.69) is 4.99 Å². The van der Waals surface area contributed by atoms with Gasteiger partial charge in [0.15, 0.2) is 11.5 Å². The number of hydrogen-bond acceptors (Lipinski definition) is 8. The fourth-order valence-electron chi connectivity index (χ4n) is 3.02. The molecule has 0 spiro atoms. The van der Waals surface area contributed by atoms with Crippen LogP contribution >= 0.6 is 11.8 Å². The maximum absolute atomic E-state index is 14.1. The van der Waals surface area contributed by atoms with Gasteiger partial charge in [0.25, 0.3) is 0 Å². The van der Waals surface area contributed by atoms with Crippen molar-refractivity contribution < 1.29 is 33.2 Å². The van der Waals surface area contributed by atoms with Crippen LogP contribution in [0.1, 0.15) is 12.5 Å². The largest absolute Gasteiger partial charge is 0.506 e. The number of aliphatic imine (C=N–C) groups is 1. The number of nitrogens with zero attached hydrogens (tertiary/aromatic N) is 1. The molecule has 1 aliphatic rings. The first-order chi connectivity index (χ1) is 15.4. The zero-order valence-corrected chi connectivity index (χ0v) is 18.8. The summed E-state index contributed by atoms with van der Waals surface area (Å²) in [5.41, 5.74) is 0.467. The van der Waals surface area contributed by atoms with E-state index in [-0.39, 0.29) is 28.7 Å². The topological polar surface area (TPSA) is 86.6 Å². The van der Waals surface area contributed by atoms with E-state index < -0.39 is 11.8 Å². The smallest absolute Gasteiger partial charge is 0.344 e. The molecule has 2 aromatic rings. The standard InChI is InChI=1S/C23H22FNO6S/c1-5-31-23(27)18-19(26)17(32-22(18)25-15-9-7-6-8-14(15)24)12-13-10-11-16(28-2)21(30-4)20(13)29-3/h6-12,26H,5H2,1-4H3/b17-12+,25-22?. The van der Waals surface area contributed by atoms with Crippen molar-refractivity contribution in [3.8, 4) is 17.2 Å². The molecule has 9 heteroatoms. The lowest BCUT2D eigenvalue weighted by molar-refractivity contribution is -0.138. The van der Waals surface area contributed by atoms with E-state index >= 15 is 0 Å². The third-order valence-corrected chi connectivity index (χ3v) is 5.49. The van der Waals surface area contributed by atoms with Crippen molar-refractivity contribution in [1.29, 1.82) is 0 Å². The third kappa shape index (κ3) is 4.57. The molecule has 168 valence electrons. The van der Waals surface area contributed by atoms with Gasteiger partial charge < -0.3 is 24.1 Å². The number of hydrogen-bond donors (Lipinski definition) is 1. The van der Waals surface area contributed by atoms with Crippen molar-refractivity contribution in [3.63, 3.8) is 0 Å². The summed E-state index contributed by atoms with van der Waals surface area (Å²) in [6.07, 6.45) is 1.61. The summed E-state index contributed by atoms with van der Waals surface area (Å²) >= 11 is 1.01. The van der Waals surface area contributed by atoms with E-state index in [1.807, 2.05) is 0 Å². The zero-order chi connectivity index (χ0) is 23.3. The molecule has 0 atom stereocenters. The lowest BCUT2D eigenvalue weighted by Crippen LogP contribution is -2.12. The van der Waals surface area contributed by atoms with Crippen LogP contribution < -0.4 is 14.2 Å². The highest BCUT2D eigenvalue weighted by molar-refractivity contribution is 8.18. The highest BCUT2D eigenvalue weighted by Gasteiger charge is 2.34. The van der Waals surface area contributed by atoms with Gasteiger partial charge in [-0.05, 0) is 37.3 Å². The second-order valence-electron chi connectivity index (χ2n) is 6.35. The highest BCUT2D eigenvalue weighted by Crippen LogP contribution is 2.44. The molecule has 3 rings (SSSR count). The normalized spacial score (nSPS) is 15.9. The summed E-state index contributed by atoms with van der Waals surface area (Å²) in [4.78, 5) is 17.1. The molecule has 1 heterocycles. The third-order valence-electron chi connectivity index (χ3n) is 4.47. The molecule has 7 nitrogen and oxygen atoms in total. The lowest BCUT2D eigenvalue weighted by atomic mass is 10.1. The van der Waals surface area contributed by atoms with Gasteiger partial charge in [0.1, 0.15) is 27.9 Å².